The Morgan fingerprint density at radius 3 is 2.46 bits per heavy atom. The van der Waals surface area contributed by atoms with Crippen molar-refractivity contribution in [3.8, 4) is 11.4 Å². The summed E-state index contributed by atoms with van der Waals surface area (Å²) in [6, 6.07) is 22.0. The third kappa shape index (κ3) is 5.92. The quantitative estimate of drug-likeness (QED) is 0.364. The molecule has 1 amide bonds. The summed E-state index contributed by atoms with van der Waals surface area (Å²) < 4.78 is 25.6. The lowest BCUT2D eigenvalue weighted by atomic mass is 10.2. The fourth-order valence-electron chi connectivity index (χ4n) is 3.49. The molecule has 0 radical (unpaired) electrons. The Kier molecular flexibility index (Phi) is 7.21. The van der Waals surface area contributed by atoms with Crippen LogP contribution in [0.2, 0.25) is 0 Å². The number of nitrogens with one attached hydrogen (secondary N) is 1. The molecule has 1 N–H and O–H groups in total. The summed E-state index contributed by atoms with van der Waals surface area (Å²) in [6.07, 6.45) is 0. The van der Waals surface area contributed by atoms with Gasteiger partial charge in [-0.3, -0.25) is 4.79 Å². The van der Waals surface area contributed by atoms with Gasteiger partial charge in [0.2, 0.25) is 0 Å². The van der Waals surface area contributed by atoms with Crippen LogP contribution in [0.5, 0.6) is 5.75 Å². The van der Waals surface area contributed by atoms with Gasteiger partial charge in [-0.25, -0.2) is 13.9 Å². The second kappa shape index (κ2) is 10.6. The van der Waals surface area contributed by atoms with Crippen LogP contribution in [-0.2, 0) is 16.1 Å². The van der Waals surface area contributed by atoms with Crippen molar-refractivity contribution >= 4 is 17.6 Å². The lowest BCUT2D eigenvalue weighted by Crippen LogP contribution is -2.21. The van der Waals surface area contributed by atoms with Crippen molar-refractivity contribution in [3.63, 3.8) is 0 Å². The Morgan fingerprint density at radius 2 is 1.71 bits per heavy atom. The zero-order valence-corrected chi connectivity index (χ0v) is 19.3. The molecule has 4 rings (SSSR count). The molecule has 1 heterocycles. The van der Waals surface area contributed by atoms with Crippen molar-refractivity contribution in [1.82, 2.24) is 9.78 Å². The van der Waals surface area contributed by atoms with E-state index >= 15 is 0 Å². The highest BCUT2D eigenvalue weighted by molar-refractivity contribution is 5.96. The Labute approximate surface area is 202 Å². The van der Waals surface area contributed by atoms with Gasteiger partial charge in [0.25, 0.3) is 5.91 Å². The van der Waals surface area contributed by atoms with E-state index in [0.717, 1.165) is 16.9 Å². The van der Waals surface area contributed by atoms with Crippen LogP contribution >= 0.6 is 0 Å². The zero-order chi connectivity index (χ0) is 24.8. The van der Waals surface area contributed by atoms with E-state index in [1.54, 1.807) is 41.9 Å². The van der Waals surface area contributed by atoms with Crippen LogP contribution in [0.1, 0.15) is 27.3 Å². The van der Waals surface area contributed by atoms with E-state index in [-0.39, 0.29) is 18.0 Å². The second-order valence-electron chi connectivity index (χ2n) is 7.86. The number of nitrogens with zero attached hydrogens (tertiary/aromatic N) is 2. The molecule has 0 aliphatic heterocycles. The highest BCUT2D eigenvalue weighted by atomic mass is 19.1. The minimum Gasteiger partial charge on any atom is -0.489 e. The standard InChI is InChI=1S/C27H24FN3O4/c1-18-26(19(2)31(30-18)23-8-4-3-5-9-23)29-25(32)17-35-27(33)21-7-6-10-24(15-21)34-16-20-11-13-22(28)14-12-20/h3-15H,16-17H2,1-2H3,(H,29,32). The van der Waals surface area contributed by atoms with E-state index in [0.29, 0.717) is 17.1 Å². The number of halogens is 1. The first-order chi connectivity index (χ1) is 16.9. The number of rotatable bonds is 8. The average Bonchev–Trinajstić information content (AvgIpc) is 3.16. The highest BCUT2D eigenvalue weighted by Crippen LogP contribution is 2.23. The van der Waals surface area contributed by atoms with Crippen molar-refractivity contribution in [2.24, 2.45) is 0 Å². The third-order valence-electron chi connectivity index (χ3n) is 5.28. The molecule has 8 heteroatoms. The van der Waals surface area contributed by atoms with Gasteiger partial charge in [-0.15, -0.1) is 0 Å². The molecule has 0 spiro atoms. The van der Waals surface area contributed by atoms with Gasteiger partial charge in [0, 0.05) is 0 Å². The molecule has 0 atom stereocenters. The SMILES string of the molecule is Cc1nn(-c2ccccc2)c(C)c1NC(=O)COC(=O)c1cccc(OCc2ccc(F)cc2)c1. The number of benzene rings is 3. The fourth-order valence-corrected chi connectivity index (χ4v) is 3.49. The number of hydrogen-bond acceptors (Lipinski definition) is 5. The van der Waals surface area contributed by atoms with Crippen LogP contribution in [-0.4, -0.2) is 28.3 Å². The minimum atomic E-state index is -0.652. The van der Waals surface area contributed by atoms with Gasteiger partial charge in [-0.05, 0) is 61.9 Å². The summed E-state index contributed by atoms with van der Waals surface area (Å²) in [5, 5.41) is 7.27. The van der Waals surface area contributed by atoms with Gasteiger partial charge in [0.15, 0.2) is 6.61 Å². The van der Waals surface area contributed by atoms with Gasteiger partial charge in [-0.2, -0.15) is 5.10 Å². The van der Waals surface area contributed by atoms with E-state index in [9.17, 15) is 14.0 Å². The number of hydrogen-bond donors (Lipinski definition) is 1. The number of ether oxygens (including phenoxy) is 2. The van der Waals surface area contributed by atoms with Crippen LogP contribution in [0, 0.1) is 19.7 Å². The normalized spacial score (nSPS) is 10.6. The Hall–Kier alpha value is -4.46. The van der Waals surface area contributed by atoms with Crippen molar-refractivity contribution in [2.75, 3.05) is 11.9 Å². The number of aryl methyl sites for hydroxylation is 1. The molecule has 7 nitrogen and oxygen atoms in total. The first-order valence-corrected chi connectivity index (χ1v) is 11.0. The molecule has 35 heavy (non-hydrogen) atoms. The maximum atomic E-state index is 13.0. The number of aromatic nitrogens is 2. The van der Waals surface area contributed by atoms with E-state index in [4.69, 9.17) is 9.47 Å². The van der Waals surface area contributed by atoms with Crippen LogP contribution in [0.4, 0.5) is 10.1 Å². The largest absolute Gasteiger partial charge is 0.489 e. The lowest BCUT2D eigenvalue weighted by molar-refractivity contribution is -0.119. The summed E-state index contributed by atoms with van der Waals surface area (Å²) >= 11 is 0. The van der Waals surface area contributed by atoms with E-state index < -0.39 is 18.5 Å². The number of esters is 1. The molecule has 0 saturated heterocycles. The fraction of sp³-hybridized carbons (Fsp3) is 0.148. The van der Waals surface area contributed by atoms with Gasteiger partial charge in [-0.1, -0.05) is 36.4 Å². The molecule has 0 aliphatic carbocycles. The van der Waals surface area contributed by atoms with Crippen molar-refractivity contribution in [1.29, 1.82) is 0 Å². The third-order valence-corrected chi connectivity index (χ3v) is 5.28. The van der Waals surface area contributed by atoms with Crippen molar-refractivity contribution in [3.05, 3.63) is 107 Å². The van der Waals surface area contributed by atoms with Crippen molar-refractivity contribution < 1.29 is 23.5 Å². The first-order valence-electron chi connectivity index (χ1n) is 11.0. The predicted octanol–water partition coefficient (Wildman–Crippen LogP) is 5.00. The molecule has 178 valence electrons. The molecular formula is C27H24FN3O4. The van der Waals surface area contributed by atoms with Gasteiger partial charge in [0.1, 0.15) is 18.2 Å². The number of carbonyl (C=O) groups excluding carboxylic acids is 2. The molecule has 0 saturated carbocycles. The molecule has 0 unspecified atom stereocenters. The molecule has 3 aromatic carbocycles. The molecule has 4 aromatic rings. The van der Waals surface area contributed by atoms with Crippen LogP contribution in [0.15, 0.2) is 78.9 Å². The lowest BCUT2D eigenvalue weighted by Gasteiger charge is -2.09. The summed E-state index contributed by atoms with van der Waals surface area (Å²) in [5.41, 5.74) is 3.90. The summed E-state index contributed by atoms with van der Waals surface area (Å²) in [6.45, 7) is 3.42. The van der Waals surface area contributed by atoms with E-state index in [2.05, 4.69) is 10.4 Å². The minimum absolute atomic E-state index is 0.219. The van der Waals surface area contributed by atoms with Gasteiger partial charge in [0.05, 0.1) is 28.3 Å². The molecule has 1 aromatic heterocycles. The van der Waals surface area contributed by atoms with Crippen molar-refractivity contribution in [2.45, 2.75) is 20.5 Å². The molecule has 0 fully saturated rings. The summed E-state index contributed by atoms with van der Waals surface area (Å²) in [4.78, 5) is 24.9. The number of carbonyl (C=O) groups is 2. The Morgan fingerprint density at radius 1 is 0.971 bits per heavy atom. The molecular weight excluding hydrogens is 449 g/mol. The maximum absolute atomic E-state index is 13.0. The summed E-state index contributed by atoms with van der Waals surface area (Å²) in [7, 11) is 0. The second-order valence-corrected chi connectivity index (χ2v) is 7.86. The average molecular weight is 474 g/mol. The smallest absolute Gasteiger partial charge is 0.338 e. The highest BCUT2D eigenvalue weighted by Gasteiger charge is 2.17. The number of para-hydroxylation sites is 1. The van der Waals surface area contributed by atoms with Crippen LogP contribution in [0.3, 0.4) is 0 Å². The van der Waals surface area contributed by atoms with E-state index in [1.807, 2.05) is 37.3 Å². The summed E-state index contributed by atoms with van der Waals surface area (Å²) in [5.74, 6) is -0.993. The van der Waals surface area contributed by atoms with Gasteiger partial charge >= 0.3 is 5.97 Å². The first kappa shape index (κ1) is 23.7. The van der Waals surface area contributed by atoms with Crippen LogP contribution in [0.25, 0.3) is 5.69 Å². The topological polar surface area (TPSA) is 82.5 Å². The maximum Gasteiger partial charge on any atom is 0.338 e. The molecule has 0 bridgehead atoms. The predicted molar refractivity (Wildman–Crippen MR) is 129 cm³/mol. The number of anilines is 1. The van der Waals surface area contributed by atoms with E-state index in [1.165, 1.54) is 18.2 Å². The van der Waals surface area contributed by atoms with Gasteiger partial charge < -0.3 is 14.8 Å². The van der Waals surface area contributed by atoms with Crippen LogP contribution < -0.4 is 10.1 Å². The Bertz CT molecular complexity index is 1330. The molecule has 0 aliphatic rings. The zero-order valence-electron chi connectivity index (χ0n) is 19.3. The Balaban J connectivity index is 1.33. The number of amides is 1. The monoisotopic (exact) mass is 473 g/mol.